The number of hydrogen-bond donors (Lipinski definition) is 1. The van der Waals surface area contributed by atoms with Gasteiger partial charge in [0.2, 0.25) is 0 Å². The molecule has 0 saturated heterocycles. The number of aromatic nitrogens is 2. The summed E-state index contributed by atoms with van der Waals surface area (Å²) in [4.78, 5) is 17.9. The van der Waals surface area contributed by atoms with Gasteiger partial charge < -0.3 is 4.98 Å². The normalized spacial score (nSPS) is 9.14. The fourth-order valence-electron chi connectivity index (χ4n) is 1.15. The molecule has 0 bridgehead atoms. The van der Waals surface area contributed by atoms with E-state index in [0.29, 0.717) is 5.69 Å². The highest BCUT2D eigenvalue weighted by molar-refractivity contribution is 5.85. The van der Waals surface area contributed by atoms with E-state index in [-0.39, 0.29) is 18.0 Å². The summed E-state index contributed by atoms with van der Waals surface area (Å²) in [5.41, 5.74) is 1.14. The van der Waals surface area contributed by atoms with Gasteiger partial charge >= 0.3 is 0 Å². The molecular weight excluding hydrogens is 200 g/mol. The molecule has 1 aromatic heterocycles. The van der Waals surface area contributed by atoms with E-state index in [9.17, 15) is 4.79 Å². The molecule has 1 aromatic carbocycles. The Morgan fingerprint density at radius 2 is 1.86 bits per heavy atom. The highest BCUT2D eigenvalue weighted by Gasteiger charge is 2.00. The molecule has 0 unspecified atom stereocenters. The number of benzene rings is 1. The van der Waals surface area contributed by atoms with Crippen molar-refractivity contribution in [2.45, 2.75) is 0 Å². The molecule has 0 aliphatic heterocycles. The van der Waals surface area contributed by atoms with Crippen molar-refractivity contribution in [1.29, 1.82) is 0 Å². The van der Waals surface area contributed by atoms with Gasteiger partial charge in [-0.15, -0.1) is 12.4 Å². The summed E-state index contributed by atoms with van der Waals surface area (Å²) in [6, 6.07) is 9.38. The van der Waals surface area contributed by atoms with E-state index in [4.69, 9.17) is 0 Å². The van der Waals surface area contributed by atoms with Gasteiger partial charge in [0.15, 0.2) is 0 Å². The average molecular weight is 209 g/mol. The van der Waals surface area contributed by atoms with Gasteiger partial charge in [0, 0.05) is 18.0 Å². The lowest BCUT2D eigenvalue weighted by Crippen LogP contribution is -2.09. The molecule has 0 radical (unpaired) electrons. The molecule has 3 nitrogen and oxygen atoms in total. The Balaban J connectivity index is 0.000000980. The predicted molar refractivity (Wildman–Crippen MR) is 57.5 cm³/mol. The lowest BCUT2D eigenvalue weighted by Gasteiger charge is -1.96. The first-order chi connectivity index (χ1) is 6.38. The van der Waals surface area contributed by atoms with Gasteiger partial charge in [-0.1, -0.05) is 30.3 Å². The Kier molecular flexibility index (Phi) is 3.42. The minimum atomic E-state index is -0.159. The molecule has 0 saturated carbocycles. The zero-order chi connectivity index (χ0) is 9.10. The second-order valence-electron chi connectivity index (χ2n) is 2.63. The molecule has 2 aromatic rings. The molecule has 72 valence electrons. The first-order valence-electron chi connectivity index (χ1n) is 3.97. The standard InChI is InChI=1S/C10H8N2O.ClH/c13-10-9(11-6-7-12-10)8-4-2-1-3-5-8;/h1-7H,(H,12,13);1H. The van der Waals surface area contributed by atoms with Crippen LogP contribution in [0.15, 0.2) is 47.5 Å². The molecule has 2 rings (SSSR count). The fraction of sp³-hybridized carbons (Fsp3) is 0. The van der Waals surface area contributed by atoms with Crippen LogP contribution in [0.4, 0.5) is 0 Å². The van der Waals surface area contributed by atoms with Crippen LogP contribution in [-0.2, 0) is 0 Å². The van der Waals surface area contributed by atoms with Crippen LogP contribution in [0.25, 0.3) is 11.3 Å². The Labute approximate surface area is 87.2 Å². The van der Waals surface area contributed by atoms with Crippen molar-refractivity contribution in [3.63, 3.8) is 0 Å². The molecular formula is C10H9ClN2O. The lowest BCUT2D eigenvalue weighted by atomic mass is 10.2. The molecule has 0 atom stereocenters. The van der Waals surface area contributed by atoms with Gasteiger partial charge in [0.1, 0.15) is 5.69 Å². The summed E-state index contributed by atoms with van der Waals surface area (Å²) in [7, 11) is 0. The molecule has 0 spiro atoms. The van der Waals surface area contributed by atoms with Crippen LogP contribution in [0, 0.1) is 0 Å². The third-order valence-corrected chi connectivity index (χ3v) is 1.75. The third-order valence-electron chi connectivity index (χ3n) is 1.75. The summed E-state index contributed by atoms with van der Waals surface area (Å²) in [5, 5.41) is 0. The summed E-state index contributed by atoms with van der Waals surface area (Å²) in [5.74, 6) is 0. The highest BCUT2D eigenvalue weighted by atomic mass is 35.5. The zero-order valence-electron chi connectivity index (χ0n) is 7.31. The van der Waals surface area contributed by atoms with Crippen molar-refractivity contribution in [2.75, 3.05) is 0 Å². The number of hydrogen-bond acceptors (Lipinski definition) is 2. The maximum atomic E-state index is 11.3. The van der Waals surface area contributed by atoms with Crippen molar-refractivity contribution in [1.82, 2.24) is 9.97 Å². The largest absolute Gasteiger partial charge is 0.326 e. The second-order valence-corrected chi connectivity index (χ2v) is 2.63. The SMILES string of the molecule is Cl.O=c1[nH]ccnc1-c1ccccc1. The number of nitrogens with zero attached hydrogens (tertiary/aromatic N) is 1. The van der Waals surface area contributed by atoms with Crippen LogP contribution in [0.5, 0.6) is 0 Å². The van der Waals surface area contributed by atoms with Crippen molar-refractivity contribution in [3.05, 3.63) is 53.1 Å². The molecule has 1 N–H and O–H groups in total. The zero-order valence-corrected chi connectivity index (χ0v) is 8.12. The van der Waals surface area contributed by atoms with Crippen LogP contribution in [-0.4, -0.2) is 9.97 Å². The van der Waals surface area contributed by atoms with Gasteiger partial charge in [0.25, 0.3) is 5.56 Å². The maximum absolute atomic E-state index is 11.3. The highest BCUT2D eigenvalue weighted by Crippen LogP contribution is 2.09. The summed E-state index contributed by atoms with van der Waals surface area (Å²) < 4.78 is 0. The molecule has 0 aliphatic rings. The van der Waals surface area contributed by atoms with Crippen molar-refractivity contribution in [2.24, 2.45) is 0 Å². The van der Waals surface area contributed by atoms with Crippen LogP contribution >= 0.6 is 12.4 Å². The van der Waals surface area contributed by atoms with E-state index in [1.165, 1.54) is 6.20 Å². The first kappa shape index (κ1) is 10.5. The Morgan fingerprint density at radius 1 is 1.14 bits per heavy atom. The van der Waals surface area contributed by atoms with E-state index < -0.39 is 0 Å². The van der Waals surface area contributed by atoms with Crippen molar-refractivity contribution < 1.29 is 0 Å². The fourth-order valence-corrected chi connectivity index (χ4v) is 1.15. The Morgan fingerprint density at radius 3 is 2.50 bits per heavy atom. The quantitative estimate of drug-likeness (QED) is 0.778. The van der Waals surface area contributed by atoms with Crippen LogP contribution in [0.1, 0.15) is 0 Å². The molecule has 0 amide bonds. The molecule has 14 heavy (non-hydrogen) atoms. The van der Waals surface area contributed by atoms with E-state index in [2.05, 4.69) is 9.97 Å². The predicted octanol–water partition coefficient (Wildman–Crippen LogP) is 1.86. The van der Waals surface area contributed by atoms with Gasteiger partial charge in [-0.2, -0.15) is 0 Å². The average Bonchev–Trinajstić information content (AvgIpc) is 2.20. The smallest absolute Gasteiger partial charge is 0.274 e. The molecule has 0 aliphatic carbocycles. The second kappa shape index (κ2) is 4.58. The van der Waals surface area contributed by atoms with E-state index in [1.807, 2.05) is 30.3 Å². The number of nitrogens with one attached hydrogen (secondary N) is 1. The summed E-state index contributed by atoms with van der Waals surface area (Å²) in [6.07, 6.45) is 3.10. The number of halogens is 1. The van der Waals surface area contributed by atoms with E-state index >= 15 is 0 Å². The van der Waals surface area contributed by atoms with Gasteiger partial charge in [-0.25, -0.2) is 4.98 Å². The number of aromatic amines is 1. The van der Waals surface area contributed by atoms with Crippen molar-refractivity contribution >= 4 is 12.4 Å². The minimum absolute atomic E-state index is 0. The minimum Gasteiger partial charge on any atom is -0.326 e. The molecule has 0 fully saturated rings. The molecule has 4 heteroatoms. The lowest BCUT2D eigenvalue weighted by molar-refractivity contribution is 1.14. The van der Waals surface area contributed by atoms with Gasteiger partial charge in [-0.3, -0.25) is 4.79 Å². The number of H-pyrrole nitrogens is 1. The van der Waals surface area contributed by atoms with Crippen LogP contribution in [0.2, 0.25) is 0 Å². The third kappa shape index (κ3) is 2.00. The van der Waals surface area contributed by atoms with Gasteiger partial charge in [-0.05, 0) is 0 Å². The van der Waals surface area contributed by atoms with Crippen molar-refractivity contribution in [3.8, 4) is 11.3 Å². The summed E-state index contributed by atoms with van der Waals surface area (Å²) >= 11 is 0. The van der Waals surface area contributed by atoms with Crippen LogP contribution < -0.4 is 5.56 Å². The molecule has 1 heterocycles. The van der Waals surface area contributed by atoms with E-state index in [1.54, 1.807) is 6.20 Å². The number of rotatable bonds is 1. The Bertz CT molecular complexity index is 453. The monoisotopic (exact) mass is 208 g/mol. The van der Waals surface area contributed by atoms with Crippen LogP contribution in [0.3, 0.4) is 0 Å². The van der Waals surface area contributed by atoms with E-state index in [0.717, 1.165) is 5.56 Å². The van der Waals surface area contributed by atoms with Gasteiger partial charge in [0.05, 0.1) is 0 Å². The maximum Gasteiger partial charge on any atom is 0.274 e. The Hall–Kier alpha value is -1.61. The first-order valence-corrected chi connectivity index (χ1v) is 3.97. The summed E-state index contributed by atoms with van der Waals surface area (Å²) in [6.45, 7) is 0. The topological polar surface area (TPSA) is 45.8 Å².